The van der Waals surface area contributed by atoms with Gasteiger partial charge in [-0.2, -0.15) is 0 Å². The second kappa shape index (κ2) is 15.3. The average molecular weight is 837 g/mol. The molecule has 0 saturated heterocycles. The van der Waals surface area contributed by atoms with Crippen molar-refractivity contribution in [3.05, 3.63) is 88.3 Å². The number of carbonyl (C=O) groups excluding carboxylic acids is 1. The summed E-state index contributed by atoms with van der Waals surface area (Å²) >= 11 is 0. The third-order valence-corrected chi connectivity index (χ3v) is 10.7. The van der Waals surface area contributed by atoms with E-state index in [1.807, 2.05) is 33.9 Å². The number of aliphatic hydroxyl groups is 1. The van der Waals surface area contributed by atoms with Gasteiger partial charge in [0.05, 0.1) is 5.76 Å². The Kier molecular flexibility index (Phi) is 12.0. The maximum Gasteiger partial charge on any atom is 0.162 e. The van der Waals surface area contributed by atoms with Gasteiger partial charge in [-0.05, 0) is 61.0 Å². The third kappa shape index (κ3) is 6.91. The number of pyridine rings is 1. The van der Waals surface area contributed by atoms with Gasteiger partial charge in [0.2, 0.25) is 0 Å². The number of fused-ring (bicyclic) bond motifs is 4. The van der Waals surface area contributed by atoms with E-state index < -0.39 is 0 Å². The predicted octanol–water partition coefficient (Wildman–Crippen LogP) is 12.7. The van der Waals surface area contributed by atoms with Gasteiger partial charge in [-0.25, -0.2) is 0 Å². The van der Waals surface area contributed by atoms with E-state index in [0.717, 1.165) is 53.5 Å². The second-order valence-corrected chi connectivity index (χ2v) is 14.8. The van der Waals surface area contributed by atoms with Gasteiger partial charge in [0.1, 0.15) is 11.2 Å². The first kappa shape index (κ1) is 38.5. The molecule has 2 aromatic heterocycles. The van der Waals surface area contributed by atoms with Gasteiger partial charge in [-0.3, -0.25) is 4.79 Å². The quantitative estimate of drug-likeness (QED) is 0.0912. The fourth-order valence-electron chi connectivity index (χ4n) is 7.62. The first-order valence-corrected chi connectivity index (χ1v) is 18.1. The maximum atomic E-state index is 11.7. The molecule has 263 valence electrons. The summed E-state index contributed by atoms with van der Waals surface area (Å²) in [5, 5.41) is 14.7. The van der Waals surface area contributed by atoms with Gasteiger partial charge < -0.3 is 14.5 Å². The van der Waals surface area contributed by atoms with Crippen molar-refractivity contribution in [2.24, 2.45) is 11.8 Å². The van der Waals surface area contributed by atoms with Crippen LogP contribution >= 0.6 is 0 Å². The molecular formula is C44H54IrNO3-. The number of nitrogens with zero attached hydrogens (tertiary/aromatic N) is 1. The maximum absolute atomic E-state index is 11.7. The number of aromatic nitrogens is 1. The number of aryl methyl sites for hydroxylation is 1. The zero-order valence-electron chi connectivity index (χ0n) is 31.3. The summed E-state index contributed by atoms with van der Waals surface area (Å²) in [5.41, 5.74) is 10.2. The van der Waals surface area contributed by atoms with Gasteiger partial charge in [-0.1, -0.05) is 116 Å². The Balaban J connectivity index is 0.000000290. The summed E-state index contributed by atoms with van der Waals surface area (Å²) < 4.78 is 6.75. The van der Waals surface area contributed by atoms with Crippen LogP contribution in [0.5, 0.6) is 0 Å². The van der Waals surface area contributed by atoms with Crippen LogP contribution in [0.2, 0.25) is 0 Å². The smallest absolute Gasteiger partial charge is 0.162 e. The topological polar surface area (TPSA) is 63.3 Å². The number of furan rings is 1. The van der Waals surface area contributed by atoms with Crippen molar-refractivity contribution >= 4 is 38.5 Å². The zero-order valence-corrected chi connectivity index (χ0v) is 33.7. The van der Waals surface area contributed by atoms with Crippen LogP contribution in [-0.4, -0.2) is 15.9 Å². The summed E-state index contributed by atoms with van der Waals surface area (Å²) in [6, 6.07) is 17.2. The first-order chi connectivity index (χ1) is 22.8. The molecule has 2 heterocycles. The summed E-state index contributed by atoms with van der Waals surface area (Å²) in [6.45, 7) is 23.8. The van der Waals surface area contributed by atoms with E-state index in [2.05, 4.69) is 90.9 Å². The molecule has 0 aliphatic heterocycles. The zero-order chi connectivity index (χ0) is 35.1. The molecular weight excluding hydrogens is 783 g/mol. The molecule has 0 spiro atoms. The van der Waals surface area contributed by atoms with Gasteiger partial charge in [0.15, 0.2) is 5.78 Å². The van der Waals surface area contributed by atoms with E-state index >= 15 is 0 Å². The first-order valence-electron chi connectivity index (χ1n) is 18.1. The number of allylic oxidation sites excluding steroid dienone is 2. The molecule has 0 fully saturated rings. The van der Waals surface area contributed by atoms with Gasteiger partial charge in [0, 0.05) is 66.2 Å². The number of ketones is 1. The summed E-state index contributed by atoms with van der Waals surface area (Å²) in [4.78, 5) is 16.8. The van der Waals surface area contributed by atoms with Gasteiger partial charge in [-0.15, -0.1) is 23.3 Å². The van der Waals surface area contributed by atoms with Crippen molar-refractivity contribution in [3.63, 3.8) is 0 Å². The SMILES string of the molecule is CCC(CC)C(=O)/C=C(\O)C(CC)CC.Cc1ccc2c3c([c-]cc2c1)-c1ncc(C(C)C)c2oc4c(C(C)C)ccc(c4c12)C3(C)C.[Ir]. The average Bonchev–Trinajstić information content (AvgIpc) is 3.41. The molecule has 5 aromatic rings. The summed E-state index contributed by atoms with van der Waals surface area (Å²) in [7, 11) is 0. The van der Waals surface area contributed by atoms with E-state index in [4.69, 9.17) is 9.40 Å². The third-order valence-electron chi connectivity index (χ3n) is 10.7. The van der Waals surface area contributed by atoms with Crippen molar-refractivity contribution in [1.29, 1.82) is 0 Å². The van der Waals surface area contributed by atoms with Crippen molar-refractivity contribution in [2.75, 3.05) is 0 Å². The Morgan fingerprint density at radius 2 is 1.51 bits per heavy atom. The number of aliphatic hydroxyl groups excluding tert-OH is 1. The molecule has 1 N–H and O–H groups in total. The van der Waals surface area contributed by atoms with Crippen LogP contribution in [-0.2, 0) is 30.3 Å². The molecule has 0 unspecified atom stereocenters. The van der Waals surface area contributed by atoms with Crippen molar-refractivity contribution in [3.8, 4) is 11.3 Å². The Morgan fingerprint density at radius 3 is 2.10 bits per heavy atom. The standard InChI is InChI=1S/C31H30NO.C13H24O2.Ir/c1-16(2)20-12-13-24-25-26-28(32-15-23(17(3)4)30(26)33-29(20)25)22-11-9-19-14-18(5)8-10-21(19)27(22)31(24,6)7;1-5-10(6-2)12(14)9-13(15)11(7-3)8-4;/h8-10,12-17H,1-7H3;9-11,14H,5-8H2,1-4H3;/q-1;;/b;12-9-;. The monoisotopic (exact) mass is 837 g/mol. The van der Waals surface area contributed by atoms with Gasteiger partial charge in [0.25, 0.3) is 0 Å². The minimum absolute atomic E-state index is 0. The van der Waals surface area contributed by atoms with Gasteiger partial charge >= 0.3 is 0 Å². The van der Waals surface area contributed by atoms with Crippen LogP contribution in [0.3, 0.4) is 0 Å². The normalized spacial score (nSPS) is 13.7. The molecule has 3 aromatic carbocycles. The molecule has 1 radical (unpaired) electrons. The fraction of sp³-hybridized carbons (Fsp3) is 0.455. The van der Waals surface area contributed by atoms with Crippen LogP contribution in [0.4, 0.5) is 0 Å². The van der Waals surface area contributed by atoms with E-state index in [1.54, 1.807) is 0 Å². The van der Waals surface area contributed by atoms with Crippen molar-refractivity contribution in [1.82, 2.24) is 4.98 Å². The number of hydrogen-bond donors (Lipinski definition) is 1. The summed E-state index contributed by atoms with van der Waals surface area (Å²) in [5.74, 6) is 1.26. The minimum Gasteiger partial charge on any atom is -0.512 e. The molecule has 0 amide bonds. The molecule has 0 atom stereocenters. The van der Waals surface area contributed by atoms with Crippen LogP contribution < -0.4 is 0 Å². The molecule has 6 rings (SSSR count). The van der Waals surface area contributed by atoms with Crippen LogP contribution in [0, 0.1) is 24.8 Å². The molecule has 5 heteroatoms. The number of hydrogen-bond acceptors (Lipinski definition) is 4. The Hall–Kier alpha value is -3.27. The Bertz CT molecular complexity index is 2000. The predicted molar refractivity (Wildman–Crippen MR) is 202 cm³/mol. The van der Waals surface area contributed by atoms with Crippen LogP contribution in [0.25, 0.3) is 44.0 Å². The number of benzene rings is 3. The Morgan fingerprint density at radius 1 is 0.898 bits per heavy atom. The molecule has 0 bridgehead atoms. The van der Waals surface area contributed by atoms with Crippen LogP contribution in [0.1, 0.15) is 135 Å². The van der Waals surface area contributed by atoms with E-state index in [0.29, 0.717) is 11.8 Å². The van der Waals surface area contributed by atoms with Crippen LogP contribution in [0.15, 0.2) is 58.8 Å². The molecule has 4 nitrogen and oxygen atoms in total. The van der Waals surface area contributed by atoms with E-state index in [9.17, 15) is 9.90 Å². The van der Waals surface area contributed by atoms with Crippen molar-refractivity contribution < 1.29 is 34.4 Å². The molecule has 49 heavy (non-hydrogen) atoms. The van der Waals surface area contributed by atoms with E-state index in [-0.39, 0.29) is 48.9 Å². The molecule has 1 aliphatic rings. The Labute approximate surface area is 307 Å². The largest absolute Gasteiger partial charge is 0.512 e. The molecule has 0 saturated carbocycles. The number of carbonyl (C=O) groups is 1. The van der Waals surface area contributed by atoms with E-state index in [1.165, 1.54) is 50.1 Å². The summed E-state index contributed by atoms with van der Waals surface area (Å²) in [6.07, 6.45) is 6.93. The minimum atomic E-state index is -0.232. The molecule has 1 aliphatic carbocycles. The fourth-order valence-corrected chi connectivity index (χ4v) is 7.62. The number of rotatable bonds is 9. The second-order valence-electron chi connectivity index (χ2n) is 14.8. The van der Waals surface area contributed by atoms with Crippen molar-refractivity contribution in [2.45, 2.75) is 119 Å².